The molecule has 138 valence electrons. The number of fused-ring (bicyclic) bond motifs is 5. The molecule has 0 unspecified atom stereocenters. The number of hydrogen-bond acceptors (Lipinski definition) is 1. The van der Waals surface area contributed by atoms with Crippen LogP contribution in [0.5, 0.6) is 0 Å². The van der Waals surface area contributed by atoms with Gasteiger partial charge in [-0.05, 0) is 86.0 Å². The van der Waals surface area contributed by atoms with Crippen LogP contribution in [-0.2, 0) is 4.79 Å². The van der Waals surface area contributed by atoms with Crippen LogP contribution in [0.4, 0.5) is 0 Å². The first-order valence-corrected chi connectivity index (χ1v) is 10.9. The van der Waals surface area contributed by atoms with E-state index in [9.17, 15) is 4.79 Å². The fourth-order valence-corrected chi connectivity index (χ4v) is 7.25. The summed E-state index contributed by atoms with van der Waals surface area (Å²) in [6.07, 6.45) is 19.1. The molecule has 4 aliphatic carbocycles. The van der Waals surface area contributed by atoms with Crippen LogP contribution in [0.3, 0.4) is 0 Å². The summed E-state index contributed by atoms with van der Waals surface area (Å²) in [5.74, 6) is 2.82. The van der Waals surface area contributed by atoms with Crippen LogP contribution in [0.15, 0.2) is 23.3 Å². The zero-order valence-electron chi connectivity index (χ0n) is 16.5. The van der Waals surface area contributed by atoms with Gasteiger partial charge in [0.2, 0.25) is 0 Å². The Morgan fingerprint density at radius 3 is 2.64 bits per heavy atom. The minimum Gasteiger partial charge on any atom is -0.302 e. The van der Waals surface area contributed by atoms with Crippen LogP contribution in [0.25, 0.3) is 0 Å². The second-order valence-electron chi connectivity index (χ2n) is 10.1. The first-order chi connectivity index (χ1) is 12.0. The second kappa shape index (κ2) is 6.39. The summed E-state index contributed by atoms with van der Waals surface area (Å²) in [5.41, 5.74) is 3.55. The van der Waals surface area contributed by atoms with Crippen molar-refractivity contribution in [3.8, 4) is 0 Å². The highest BCUT2D eigenvalue weighted by Gasteiger charge is 2.57. The van der Waals surface area contributed by atoms with Crippen molar-refractivity contribution in [2.75, 3.05) is 0 Å². The molecule has 3 fully saturated rings. The summed E-state index contributed by atoms with van der Waals surface area (Å²) in [4.78, 5) is 12.6. The standard InChI is InChI=1S/C24H36O/c1-17(2)9-10-18-15-19-21-8-6-12-23(21,3)14-11-22(19)24(16-25)13-5-4-7-20(18)24/h9-10,16-17,19,21-22H,4-8,11-15H2,1-3H3/t19-,21-,22+,23-,24+/m0/s1. The first kappa shape index (κ1) is 17.6. The number of carbonyl (C=O) groups excluding carboxylic acids is 1. The third kappa shape index (κ3) is 2.68. The molecular weight excluding hydrogens is 304 g/mol. The number of allylic oxidation sites excluding steroid dienone is 4. The number of rotatable bonds is 3. The average Bonchev–Trinajstić information content (AvgIpc) is 3.01. The van der Waals surface area contributed by atoms with Gasteiger partial charge in [-0.3, -0.25) is 0 Å². The Balaban J connectivity index is 1.79. The van der Waals surface area contributed by atoms with Gasteiger partial charge in [0, 0.05) is 0 Å². The SMILES string of the molecule is CC(C)C=CC1=C2CCCC[C@]2(C=O)[C@@H]2CC[C@]3(C)CCC[C@H]3[C@@H]2C1. The fourth-order valence-electron chi connectivity index (χ4n) is 7.25. The monoisotopic (exact) mass is 340 g/mol. The van der Waals surface area contributed by atoms with Crippen molar-refractivity contribution in [1.29, 1.82) is 0 Å². The molecule has 0 spiro atoms. The predicted octanol–water partition coefficient (Wildman–Crippen LogP) is 6.49. The molecule has 0 aliphatic heterocycles. The van der Waals surface area contributed by atoms with E-state index in [0.717, 1.165) is 18.3 Å². The Morgan fingerprint density at radius 2 is 1.88 bits per heavy atom. The molecule has 0 bridgehead atoms. The predicted molar refractivity (Wildman–Crippen MR) is 104 cm³/mol. The number of carbonyl (C=O) groups is 1. The quantitative estimate of drug-likeness (QED) is 0.537. The molecule has 0 saturated heterocycles. The van der Waals surface area contributed by atoms with Gasteiger partial charge in [-0.2, -0.15) is 0 Å². The van der Waals surface area contributed by atoms with Gasteiger partial charge in [-0.15, -0.1) is 0 Å². The average molecular weight is 341 g/mol. The lowest BCUT2D eigenvalue weighted by Gasteiger charge is -2.57. The molecule has 0 heterocycles. The summed E-state index contributed by atoms with van der Waals surface area (Å²) in [5, 5.41) is 0. The Morgan fingerprint density at radius 1 is 1.04 bits per heavy atom. The van der Waals surface area contributed by atoms with Crippen LogP contribution in [-0.4, -0.2) is 6.29 Å². The molecule has 25 heavy (non-hydrogen) atoms. The van der Waals surface area contributed by atoms with Crippen LogP contribution < -0.4 is 0 Å². The summed E-state index contributed by atoms with van der Waals surface area (Å²) < 4.78 is 0. The molecule has 0 amide bonds. The number of aldehydes is 1. The maximum Gasteiger partial charge on any atom is 0.130 e. The molecule has 1 heteroatoms. The summed E-state index contributed by atoms with van der Waals surface area (Å²) in [6, 6.07) is 0. The van der Waals surface area contributed by atoms with Crippen LogP contribution >= 0.6 is 0 Å². The molecule has 3 saturated carbocycles. The molecule has 0 aromatic heterocycles. The van der Waals surface area contributed by atoms with Gasteiger partial charge in [-0.25, -0.2) is 0 Å². The van der Waals surface area contributed by atoms with Crippen molar-refractivity contribution in [1.82, 2.24) is 0 Å². The van der Waals surface area contributed by atoms with Crippen LogP contribution in [0.2, 0.25) is 0 Å². The van der Waals surface area contributed by atoms with Crippen molar-refractivity contribution in [2.24, 2.45) is 34.5 Å². The largest absolute Gasteiger partial charge is 0.302 e. The van der Waals surface area contributed by atoms with Crippen molar-refractivity contribution in [2.45, 2.75) is 85.0 Å². The zero-order chi connectivity index (χ0) is 17.7. The highest BCUT2D eigenvalue weighted by molar-refractivity contribution is 5.68. The van der Waals surface area contributed by atoms with Gasteiger partial charge in [0.25, 0.3) is 0 Å². The lowest BCUT2D eigenvalue weighted by atomic mass is 9.47. The molecule has 0 aromatic rings. The lowest BCUT2D eigenvalue weighted by molar-refractivity contribution is -0.124. The van der Waals surface area contributed by atoms with Crippen LogP contribution in [0.1, 0.15) is 85.0 Å². The van der Waals surface area contributed by atoms with E-state index in [0.29, 0.717) is 17.3 Å². The van der Waals surface area contributed by atoms with Crippen molar-refractivity contribution >= 4 is 6.29 Å². The van der Waals surface area contributed by atoms with E-state index in [1.54, 1.807) is 11.1 Å². The van der Waals surface area contributed by atoms with E-state index >= 15 is 0 Å². The Labute approximate surface area is 154 Å². The van der Waals surface area contributed by atoms with Gasteiger partial charge < -0.3 is 4.79 Å². The summed E-state index contributed by atoms with van der Waals surface area (Å²) in [6.45, 7) is 7.07. The minimum absolute atomic E-state index is 0.109. The molecule has 0 N–H and O–H groups in total. The van der Waals surface area contributed by atoms with Crippen molar-refractivity contribution < 1.29 is 4.79 Å². The molecule has 4 rings (SSSR count). The topological polar surface area (TPSA) is 17.1 Å². The summed E-state index contributed by atoms with van der Waals surface area (Å²) in [7, 11) is 0. The molecular formula is C24H36O. The summed E-state index contributed by atoms with van der Waals surface area (Å²) >= 11 is 0. The lowest BCUT2D eigenvalue weighted by Crippen LogP contribution is -2.51. The highest BCUT2D eigenvalue weighted by Crippen LogP contribution is 2.65. The molecule has 0 aromatic carbocycles. The Kier molecular flexibility index (Phi) is 4.49. The highest BCUT2D eigenvalue weighted by atomic mass is 16.1. The van der Waals surface area contributed by atoms with E-state index in [-0.39, 0.29) is 5.41 Å². The normalized spacial score (nSPS) is 43.9. The second-order valence-corrected chi connectivity index (χ2v) is 10.1. The third-order valence-electron chi connectivity index (χ3n) is 8.44. The first-order valence-electron chi connectivity index (χ1n) is 10.9. The smallest absolute Gasteiger partial charge is 0.130 e. The Hall–Kier alpha value is -0.850. The van der Waals surface area contributed by atoms with Gasteiger partial charge >= 0.3 is 0 Å². The van der Waals surface area contributed by atoms with E-state index < -0.39 is 0 Å². The van der Waals surface area contributed by atoms with E-state index in [1.807, 2.05) is 0 Å². The van der Waals surface area contributed by atoms with Crippen LogP contribution in [0, 0.1) is 34.5 Å². The Bertz CT molecular complexity index is 597. The van der Waals surface area contributed by atoms with Gasteiger partial charge in [-0.1, -0.05) is 51.3 Å². The van der Waals surface area contributed by atoms with E-state index in [1.165, 1.54) is 64.1 Å². The zero-order valence-corrected chi connectivity index (χ0v) is 16.5. The fraction of sp³-hybridized carbons (Fsp3) is 0.792. The molecule has 0 radical (unpaired) electrons. The van der Waals surface area contributed by atoms with E-state index in [2.05, 4.69) is 32.9 Å². The maximum absolute atomic E-state index is 12.6. The molecule has 4 aliphatic rings. The molecule has 5 atom stereocenters. The van der Waals surface area contributed by atoms with Gasteiger partial charge in [0.1, 0.15) is 6.29 Å². The number of hydrogen-bond donors (Lipinski definition) is 0. The van der Waals surface area contributed by atoms with Crippen molar-refractivity contribution in [3.05, 3.63) is 23.3 Å². The van der Waals surface area contributed by atoms with E-state index in [4.69, 9.17) is 0 Å². The maximum atomic E-state index is 12.6. The third-order valence-corrected chi connectivity index (χ3v) is 8.44. The molecule has 1 nitrogen and oxygen atoms in total. The van der Waals surface area contributed by atoms with Gasteiger partial charge in [0.15, 0.2) is 0 Å². The minimum atomic E-state index is -0.109. The van der Waals surface area contributed by atoms with Crippen molar-refractivity contribution in [3.63, 3.8) is 0 Å². The van der Waals surface area contributed by atoms with Gasteiger partial charge in [0.05, 0.1) is 5.41 Å².